The number of aromatic nitrogens is 2. The summed E-state index contributed by atoms with van der Waals surface area (Å²) < 4.78 is 0. The first-order valence-electron chi connectivity index (χ1n) is 5.65. The molecular weight excluding hydrogens is 250 g/mol. The Kier molecular flexibility index (Phi) is 3.67. The minimum atomic E-state index is -0.305. The Morgan fingerprint density at radius 1 is 1.33 bits per heavy atom. The summed E-state index contributed by atoms with van der Waals surface area (Å²) >= 11 is 5.86. The predicted molar refractivity (Wildman–Crippen MR) is 72.9 cm³/mol. The van der Waals surface area contributed by atoms with E-state index in [0.29, 0.717) is 17.1 Å². The SMILES string of the molecule is Cc1cc(CCc2ccc(Cl)c(N)c2)nc(=O)[nH]1. The summed E-state index contributed by atoms with van der Waals surface area (Å²) in [7, 11) is 0. The highest BCUT2D eigenvalue weighted by molar-refractivity contribution is 6.33. The Balaban J connectivity index is 2.11. The average Bonchev–Trinajstić information content (AvgIpc) is 2.29. The van der Waals surface area contributed by atoms with Crippen LogP contribution in [-0.4, -0.2) is 9.97 Å². The first-order chi connectivity index (χ1) is 8.54. The largest absolute Gasteiger partial charge is 0.398 e. The highest BCUT2D eigenvalue weighted by Gasteiger charge is 2.02. The van der Waals surface area contributed by atoms with E-state index in [0.717, 1.165) is 23.4 Å². The van der Waals surface area contributed by atoms with Crippen molar-refractivity contribution in [1.82, 2.24) is 9.97 Å². The van der Waals surface area contributed by atoms with Gasteiger partial charge in [0, 0.05) is 11.4 Å². The lowest BCUT2D eigenvalue weighted by Gasteiger charge is -2.04. The summed E-state index contributed by atoms with van der Waals surface area (Å²) in [5.74, 6) is 0. The second-order valence-electron chi connectivity index (χ2n) is 4.22. The van der Waals surface area contributed by atoms with Gasteiger partial charge in [0.15, 0.2) is 0 Å². The number of benzene rings is 1. The molecule has 4 nitrogen and oxygen atoms in total. The number of hydrogen-bond donors (Lipinski definition) is 2. The van der Waals surface area contributed by atoms with E-state index in [1.54, 1.807) is 6.07 Å². The van der Waals surface area contributed by atoms with Crippen LogP contribution in [0.2, 0.25) is 5.02 Å². The molecule has 5 heteroatoms. The molecule has 94 valence electrons. The summed E-state index contributed by atoms with van der Waals surface area (Å²) in [5.41, 5.74) is 8.69. The van der Waals surface area contributed by atoms with Crippen molar-refractivity contribution in [3.63, 3.8) is 0 Å². The van der Waals surface area contributed by atoms with Crippen LogP contribution in [0.15, 0.2) is 29.1 Å². The highest BCUT2D eigenvalue weighted by Crippen LogP contribution is 2.20. The van der Waals surface area contributed by atoms with Gasteiger partial charge in [-0.3, -0.25) is 0 Å². The van der Waals surface area contributed by atoms with E-state index in [9.17, 15) is 4.79 Å². The van der Waals surface area contributed by atoms with Crippen molar-refractivity contribution in [2.75, 3.05) is 5.73 Å². The van der Waals surface area contributed by atoms with Crippen molar-refractivity contribution in [2.24, 2.45) is 0 Å². The zero-order chi connectivity index (χ0) is 13.1. The molecule has 0 atom stereocenters. The summed E-state index contributed by atoms with van der Waals surface area (Å²) in [5, 5.41) is 0.559. The van der Waals surface area contributed by atoms with E-state index in [-0.39, 0.29) is 5.69 Å². The highest BCUT2D eigenvalue weighted by atomic mass is 35.5. The molecular formula is C13H14ClN3O. The van der Waals surface area contributed by atoms with E-state index in [4.69, 9.17) is 17.3 Å². The van der Waals surface area contributed by atoms with Crippen LogP contribution in [0.25, 0.3) is 0 Å². The Bertz CT molecular complexity index is 622. The normalized spacial score (nSPS) is 10.6. The molecule has 1 aromatic heterocycles. The zero-order valence-electron chi connectivity index (χ0n) is 10.0. The lowest BCUT2D eigenvalue weighted by Crippen LogP contribution is -2.14. The van der Waals surface area contributed by atoms with Crippen LogP contribution in [0.3, 0.4) is 0 Å². The molecule has 1 heterocycles. The van der Waals surface area contributed by atoms with Gasteiger partial charge < -0.3 is 10.7 Å². The Labute approximate surface area is 110 Å². The van der Waals surface area contributed by atoms with Crippen LogP contribution >= 0.6 is 11.6 Å². The van der Waals surface area contributed by atoms with E-state index >= 15 is 0 Å². The molecule has 0 saturated carbocycles. The molecule has 0 aliphatic carbocycles. The van der Waals surface area contributed by atoms with Crippen LogP contribution in [0.1, 0.15) is 17.0 Å². The number of aryl methyl sites for hydroxylation is 3. The van der Waals surface area contributed by atoms with Crippen LogP contribution in [0, 0.1) is 6.92 Å². The monoisotopic (exact) mass is 263 g/mol. The molecule has 0 amide bonds. The number of nitrogen functional groups attached to an aromatic ring is 1. The topological polar surface area (TPSA) is 71.8 Å². The van der Waals surface area contributed by atoms with Crippen molar-refractivity contribution in [1.29, 1.82) is 0 Å². The molecule has 0 fully saturated rings. The number of nitrogens with two attached hydrogens (primary N) is 1. The Hall–Kier alpha value is -1.81. The van der Waals surface area contributed by atoms with E-state index in [1.807, 2.05) is 25.1 Å². The van der Waals surface area contributed by atoms with Crippen molar-refractivity contribution in [3.05, 3.63) is 56.7 Å². The van der Waals surface area contributed by atoms with Crippen LogP contribution in [-0.2, 0) is 12.8 Å². The van der Waals surface area contributed by atoms with Gasteiger partial charge in [0.2, 0.25) is 0 Å². The van der Waals surface area contributed by atoms with Gasteiger partial charge in [0.25, 0.3) is 0 Å². The van der Waals surface area contributed by atoms with Crippen LogP contribution in [0.4, 0.5) is 5.69 Å². The molecule has 0 spiro atoms. The molecule has 0 unspecified atom stereocenters. The summed E-state index contributed by atoms with van der Waals surface area (Å²) in [4.78, 5) is 17.8. The van der Waals surface area contributed by atoms with Crippen LogP contribution in [0.5, 0.6) is 0 Å². The minimum absolute atomic E-state index is 0.305. The minimum Gasteiger partial charge on any atom is -0.398 e. The predicted octanol–water partition coefficient (Wildman–Crippen LogP) is 2.10. The molecule has 18 heavy (non-hydrogen) atoms. The summed E-state index contributed by atoms with van der Waals surface area (Å²) in [6.07, 6.45) is 1.48. The summed E-state index contributed by atoms with van der Waals surface area (Å²) in [6, 6.07) is 7.43. The third-order valence-corrected chi connectivity index (χ3v) is 3.01. The van der Waals surface area contributed by atoms with Gasteiger partial charge in [-0.1, -0.05) is 17.7 Å². The van der Waals surface area contributed by atoms with Gasteiger partial charge in [-0.2, -0.15) is 4.98 Å². The average molecular weight is 264 g/mol. The number of H-pyrrole nitrogens is 1. The number of hydrogen-bond acceptors (Lipinski definition) is 3. The van der Waals surface area contributed by atoms with Crippen molar-refractivity contribution < 1.29 is 0 Å². The number of nitrogens with one attached hydrogen (secondary N) is 1. The number of halogens is 1. The van der Waals surface area contributed by atoms with Crippen molar-refractivity contribution in [3.8, 4) is 0 Å². The fourth-order valence-electron chi connectivity index (χ4n) is 1.79. The van der Waals surface area contributed by atoms with E-state index < -0.39 is 0 Å². The van der Waals surface area contributed by atoms with Gasteiger partial charge in [-0.15, -0.1) is 0 Å². The Morgan fingerprint density at radius 2 is 2.11 bits per heavy atom. The number of aromatic amines is 1. The lowest BCUT2D eigenvalue weighted by atomic mass is 10.1. The van der Waals surface area contributed by atoms with Gasteiger partial charge in [-0.25, -0.2) is 4.79 Å². The second kappa shape index (κ2) is 5.23. The quantitative estimate of drug-likeness (QED) is 0.833. The fraction of sp³-hybridized carbons (Fsp3) is 0.231. The number of anilines is 1. The fourth-order valence-corrected chi connectivity index (χ4v) is 1.91. The first kappa shape index (κ1) is 12.6. The van der Waals surface area contributed by atoms with Gasteiger partial charge in [-0.05, 0) is 43.5 Å². The molecule has 0 bridgehead atoms. The van der Waals surface area contributed by atoms with E-state index in [1.165, 1.54) is 0 Å². The maximum Gasteiger partial charge on any atom is 0.345 e. The lowest BCUT2D eigenvalue weighted by molar-refractivity contribution is 0.871. The smallest absolute Gasteiger partial charge is 0.345 e. The third-order valence-electron chi connectivity index (χ3n) is 2.66. The molecule has 0 aliphatic heterocycles. The third kappa shape index (κ3) is 3.11. The van der Waals surface area contributed by atoms with Gasteiger partial charge in [0.05, 0.1) is 10.7 Å². The maximum absolute atomic E-state index is 11.2. The Morgan fingerprint density at radius 3 is 2.78 bits per heavy atom. The molecule has 0 saturated heterocycles. The summed E-state index contributed by atoms with van der Waals surface area (Å²) in [6.45, 7) is 1.84. The van der Waals surface area contributed by atoms with Crippen molar-refractivity contribution in [2.45, 2.75) is 19.8 Å². The maximum atomic E-state index is 11.2. The van der Waals surface area contributed by atoms with Gasteiger partial charge >= 0.3 is 5.69 Å². The molecule has 1 aromatic carbocycles. The second-order valence-corrected chi connectivity index (χ2v) is 4.62. The number of rotatable bonds is 3. The molecule has 3 N–H and O–H groups in total. The van der Waals surface area contributed by atoms with Gasteiger partial charge in [0.1, 0.15) is 0 Å². The molecule has 0 aliphatic rings. The zero-order valence-corrected chi connectivity index (χ0v) is 10.8. The van der Waals surface area contributed by atoms with Crippen molar-refractivity contribution >= 4 is 17.3 Å². The number of nitrogens with zero attached hydrogens (tertiary/aromatic N) is 1. The molecule has 0 radical (unpaired) electrons. The van der Waals surface area contributed by atoms with Crippen LogP contribution < -0.4 is 11.4 Å². The first-order valence-corrected chi connectivity index (χ1v) is 6.03. The standard InChI is InChI=1S/C13H14ClN3O/c1-8-6-10(17-13(18)16-8)4-2-9-3-5-11(14)12(15)7-9/h3,5-7H,2,4,15H2,1H3,(H,16,17,18). The van der Waals surface area contributed by atoms with E-state index in [2.05, 4.69) is 9.97 Å². The molecule has 2 rings (SSSR count). The molecule has 2 aromatic rings.